The van der Waals surface area contributed by atoms with E-state index in [0.29, 0.717) is 32.1 Å². The smallest absolute Gasteiger partial charge is 0.303 e. The van der Waals surface area contributed by atoms with E-state index in [0.717, 1.165) is 19.3 Å². The van der Waals surface area contributed by atoms with Gasteiger partial charge >= 0.3 is 5.97 Å². The molecule has 4 atom stereocenters. The van der Waals surface area contributed by atoms with E-state index < -0.39 is 18.2 Å². The van der Waals surface area contributed by atoms with Crippen molar-refractivity contribution < 1.29 is 24.9 Å². The first-order valence-electron chi connectivity index (χ1n) is 10.4. The molecule has 1 rings (SSSR count). The van der Waals surface area contributed by atoms with Crippen LogP contribution in [0.5, 0.6) is 0 Å². The van der Waals surface area contributed by atoms with Gasteiger partial charge in [-0.2, -0.15) is 0 Å². The molecule has 3 unspecified atom stereocenters. The summed E-state index contributed by atoms with van der Waals surface area (Å²) < 4.78 is 0. The highest BCUT2D eigenvalue weighted by molar-refractivity contribution is 5.84. The monoisotopic (exact) mass is 382 g/mol. The lowest BCUT2D eigenvalue weighted by molar-refractivity contribution is -0.137. The molecule has 1 aliphatic rings. The molecule has 156 valence electrons. The molecule has 27 heavy (non-hydrogen) atoms. The van der Waals surface area contributed by atoms with Crippen molar-refractivity contribution in [1.82, 2.24) is 0 Å². The van der Waals surface area contributed by atoms with E-state index in [1.54, 1.807) is 0 Å². The Morgan fingerprint density at radius 2 is 2.00 bits per heavy atom. The zero-order valence-corrected chi connectivity index (χ0v) is 17.2. The van der Waals surface area contributed by atoms with Crippen molar-refractivity contribution in [2.75, 3.05) is 0 Å². The van der Waals surface area contributed by atoms with Crippen LogP contribution in [0.1, 0.15) is 85.0 Å². The second kappa shape index (κ2) is 11.6. The lowest BCUT2D eigenvalue weighted by atomic mass is 9.77. The minimum absolute atomic E-state index is 0.0980. The van der Waals surface area contributed by atoms with E-state index in [9.17, 15) is 19.8 Å². The number of aliphatic hydroxyl groups is 2. The first kappa shape index (κ1) is 23.8. The van der Waals surface area contributed by atoms with E-state index in [4.69, 9.17) is 5.11 Å². The summed E-state index contributed by atoms with van der Waals surface area (Å²) in [7, 11) is 0. The molecule has 0 bridgehead atoms. The van der Waals surface area contributed by atoms with Gasteiger partial charge in [0.1, 0.15) is 5.78 Å². The van der Waals surface area contributed by atoms with E-state index >= 15 is 0 Å². The normalized spacial score (nSPS) is 24.6. The van der Waals surface area contributed by atoms with E-state index in [-0.39, 0.29) is 35.9 Å². The standard InChI is InChI=1S/C22H38O5/c1-4-5-14-22(2,3)20(25)13-12-17-16(18(23)15-19(17)24)10-8-6-7-9-11-21(26)27/h6,8,16-18,20,23,25H,4-5,7,9-15H2,1-3H3,(H,26,27)/b8-6-/t16?,17-,18?,20?/m1/s1. The van der Waals surface area contributed by atoms with Crippen LogP contribution < -0.4 is 0 Å². The quantitative estimate of drug-likeness (QED) is 0.329. The van der Waals surface area contributed by atoms with Crippen LogP contribution in [0.3, 0.4) is 0 Å². The third kappa shape index (κ3) is 8.14. The summed E-state index contributed by atoms with van der Waals surface area (Å²) >= 11 is 0. The first-order valence-corrected chi connectivity index (χ1v) is 10.4. The van der Waals surface area contributed by atoms with Gasteiger partial charge in [-0.1, -0.05) is 45.8 Å². The summed E-state index contributed by atoms with van der Waals surface area (Å²) in [5.41, 5.74) is -0.157. The molecule has 0 aromatic rings. The van der Waals surface area contributed by atoms with Crippen LogP contribution in [0.25, 0.3) is 0 Å². The number of hydrogen-bond acceptors (Lipinski definition) is 4. The predicted molar refractivity (Wildman–Crippen MR) is 106 cm³/mol. The maximum absolute atomic E-state index is 12.3. The minimum Gasteiger partial charge on any atom is -0.481 e. The summed E-state index contributed by atoms with van der Waals surface area (Å²) in [4.78, 5) is 22.8. The van der Waals surface area contributed by atoms with Crippen molar-refractivity contribution in [3.8, 4) is 0 Å². The van der Waals surface area contributed by atoms with Crippen molar-refractivity contribution in [3.63, 3.8) is 0 Å². The average molecular weight is 383 g/mol. The van der Waals surface area contributed by atoms with Crippen molar-refractivity contribution in [2.24, 2.45) is 17.3 Å². The molecule has 0 aliphatic heterocycles. The zero-order chi connectivity index (χ0) is 20.4. The van der Waals surface area contributed by atoms with Gasteiger partial charge in [0, 0.05) is 18.8 Å². The molecule has 0 spiro atoms. The zero-order valence-electron chi connectivity index (χ0n) is 17.2. The van der Waals surface area contributed by atoms with Crippen LogP contribution in [-0.4, -0.2) is 39.3 Å². The summed E-state index contributed by atoms with van der Waals surface area (Å²) in [6, 6.07) is 0. The Labute approximate surface area is 163 Å². The van der Waals surface area contributed by atoms with Gasteiger partial charge in [0.2, 0.25) is 0 Å². The number of carboxylic acid groups (broad SMARTS) is 1. The number of aliphatic hydroxyl groups excluding tert-OH is 2. The number of unbranched alkanes of at least 4 members (excludes halogenated alkanes) is 2. The third-order valence-corrected chi connectivity index (χ3v) is 6.00. The van der Waals surface area contributed by atoms with Gasteiger partial charge in [0.15, 0.2) is 0 Å². The molecular weight excluding hydrogens is 344 g/mol. The van der Waals surface area contributed by atoms with Crippen LogP contribution in [0.2, 0.25) is 0 Å². The Bertz CT molecular complexity index is 497. The fourth-order valence-electron chi connectivity index (χ4n) is 3.98. The number of rotatable bonds is 13. The number of allylic oxidation sites excluding steroid dienone is 2. The highest BCUT2D eigenvalue weighted by Crippen LogP contribution is 2.38. The molecule has 0 radical (unpaired) electrons. The van der Waals surface area contributed by atoms with Crippen molar-refractivity contribution in [3.05, 3.63) is 12.2 Å². The summed E-state index contributed by atoms with van der Waals surface area (Å²) in [6.45, 7) is 6.30. The highest BCUT2D eigenvalue weighted by atomic mass is 16.4. The maximum atomic E-state index is 12.3. The van der Waals surface area contributed by atoms with E-state index in [1.807, 2.05) is 12.2 Å². The Kier molecular flexibility index (Phi) is 10.2. The number of carbonyl (C=O) groups is 2. The van der Waals surface area contributed by atoms with Crippen molar-refractivity contribution in [1.29, 1.82) is 0 Å². The van der Waals surface area contributed by atoms with Gasteiger partial charge in [-0.05, 0) is 49.9 Å². The van der Waals surface area contributed by atoms with E-state index in [1.165, 1.54) is 0 Å². The van der Waals surface area contributed by atoms with Gasteiger partial charge in [-0.15, -0.1) is 0 Å². The van der Waals surface area contributed by atoms with Crippen molar-refractivity contribution in [2.45, 2.75) is 97.2 Å². The molecule has 5 nitrogen and oxygen atoms in total. The summed E-state index contributed by atoms with van der Waals surface area (Å²) in [5.74, 6) is -0.981. The molecule has 1 aliphatic carbocycles. The van der Waals surface area contributed by atoms with Gasteiger partial charge in [0.25, 0.3) is 0 Å². The predicted octanol–water partition coefficient (Wildman–Crippen LogP) is 4.11. The van der Waals surface area contributed by atoms with Crippen LogP contribution in [0, 0.1) is 17.3 Å². The maximum Gasteiger partial charge on any atom is 0.303 e. The average Bonchev–Trinajstić information content (AvgIpc) is 2.86. The number of ketones is 1. The van der Waals surface area contributed by atoms with Gasteiger partial charge in [0.05, 0.1) is 12.2 Å². The van der Waals surface area contributed by atoms with Gasteiger partial charge in [-0.3, -0.25) is 9.59 Å². The Hall–Kier alpha value is -1.20. The fourth-order valence-corrected chi connectivity index (χ4v) is 3.98. The Morgan fingerprint density at radius 1 is 1.30 bits per heavy atom. The molecule has 0 aromatic carbocycles. The SMILES string of the molecule is CCCCC(C)(C)C(O)CC[C@H]1C(=O)CC(O)C1C/C=C\CCCC(=O)O. The van der Waals surface area contributed by atoms with Gasteiger partial charge < -0.3 is 15.3 Å². The molecule has 1 fully saturated rings. The number of hydrogen-bond donors (Lipinski definition) is 3. The van der Waals surface area contributed by atoms with Gasteiger partial charge in [-0.25, -0.2) is 0 Å². The number of carboxylic acids is 1. The first-order chi connectivity index (χ1) is 12.7. The molecule has 3 N–H and O–H groups in total. The lowest BCUT2D eigenvalue weighted by Crippen LogP contribution is -2.31. The van der Waals surface area contributed by atoms with Crippen molar-refractivity contribution >= 4 is 11.8 Å². The summed E-state index contributed by atoms with van der Waals surface area (Å²) in [6.07, 6.45) is 9.47. The van der Waals surface area contributed by atoms with Crippen LogP contribution in [0.4, 0.5) is 0 Å². The lowest BCUT2D eigenvalue weighted by Gasteiger charge is -2.32. The fraction of sp³-hybridized carbons (Fsp3) is 0.818. The molecule has 5 heteroatoms. The second-order valence-corrected chi connectivity index (χ2v) is 8.69. The van der Waals surface area contributed by atoms with Crippen LogP contribution >= 0.6 is 0 Å². The molecule has 0 aromatic heterocycles. The largest absolute Gasteiger partial charge is 0.481 e. The molecule has 0 heterocycles. The van der Waals surface area contributed by atoms with Crippen LogP contribution in [-0.2, 0) is 9.59 Å². The molecular formula is C22H38O5. The number of carbonyl (C=O) groups excluding carboxylic acids is 1. The molecule has 1 saturated carbocycles. The number of aliphatic carboxylic acids is 1. The number of Topliss-reactive ketones (excluding diaryl/α,β-unsaturated/α-hetero) is 1. The third-order valence-electron chi connectivity index (χ3n) is 6.00. The Morgan fingerprint density at radius 3 is 2.63 bits per heavy atom. The van der Waals surface area contributed by atoms with Crippen LogP contribution in [0.15, 0.2) is 12.2 Å². The molecule has 0 saturated heterocycles. The summed E-state index contributed by atoms with van der Waals surface area (Å²) in [5, 5.41) is 29.5. The minimum atomic E-state index is -0.791. The second-order valence-electron chi connectivity index (χ2n) is 8.69. The topological polar surface area (TPSA) is 94.8 Å². The molecule has 0 amide bonds. The van der Waals surface area contributed by atoms with E-state index in [2.05, 4.69) is 20.8 Å². The highest BCUT2D eigenvalue weighted by Gasteiger charge is 2.41. The Balaban J connectivity index is 2.52.